The molecule has 3 amide bonds. The van der Waals surface area contributed by atoms with Gasteiger partial charge in [0, 0.05) is 24.3 Å². The fourth-order valence-electron chi connectivity index (χ4n) is 2.66. The van der Waals surface area contributed by atoms with Crippen molar-refractivity contribution in [1.29, 1.82) is 0 Å². The second-order valence-corrected chi connectivity index (χ2v) is 6.04. The number of benzene rings is 2. The first kappa shape index (κ1) is 19.9. The van der Waals surface area contributed by atoms with E-state index in [1.165, 1.54) is 6.08 Å². The lowest BCUT2D eigenvalue weighted by Gasteiger charge is -2.21. The number of primary amides is 1. The average Bonchev–Trinajstić information content (AvgIpc) is 2.66. The molecular formula is C21H23N3O3. The molecule has 0 unspecified atom stereocenters. The number of likely N-dealkylation sites (N-methyl/N-ethyl adjacent to an activating group) is 1. The molecule has 0 spiro atoms. The quantitative estimate of drug-likeness (QED) is 0.704. The molecule has 6 nitrogen and oxygen atoms in total. The Hall–Kier alpha value is -3.41. The zero-order valence-electron chi connectivity index (χ0n) is 15.3. The standard InChI is InChI=1S/C21H23N3O3/c1-3-19(25)23-18-10-6-7-15(12-18)13-20(26)24(4-2)14-16-8-5-9-17(11-16)21(22)27/h3,5-12H,1,4,13-14H2,2H3,(H2,22,27)(H,23,25). The molecule has 0 aliphatic rings. The molecule has 6 heteroatoms. The van der Waals surface area contributed by atoms with Crippen LogP contribution in [-0.4, -0.2) is 29.2 Å². The normalized spacial score (nSPS) is 10.1. The van der Waals surface area contributed by atoms with Gasteiger partial charge in [0.15, 0.2) is 0 Å². The van der Waals surface area contributed by atoms with E-state index in [2.05, 4.69) is 11.9 Å². The van der Waals surface area contributed by atoms with Crippen molar-refractivity contribution in [2.24, 2.45) is 5.73 Å². The third-order valence-electron chi connectivity index (χ3n) is 4.05. The van der Waals surface area contributed by atoms with Gasteiger partial charge in [-0.2, -0.15) is 0 Å². The Labute approximate surface area is 158 Å². The molecule has 0 saturated heterocycles. The molecule has 2 aromatic rings. The smallest absolute Gasteiger partial charge is 0.248 e. The van der Waals surface area contributed by atoms with Crippen molar-refractivity contribution in [2.45, 2.75) is 19.9 Å². The topological polar surface area (TPSA) is 92.5 Å². The van der Waals surface area contributed by atoms with Crippen LogP contribution in [0, 0.1) is 0 Å². The molecule has 0 fully saturated rings. The lowest BCUT2D eigenvalue weighted by atomic mass is 10.1. The highest BCUT2D eigenvalue weighted by Crippen LogP contribution is 2.14. The van der Waals surface area contributed by atoms with Gasteiger partial charge in [-0.3, -0.25) is 14.4 Å². The van der Waals surface area contributed by atoms with Gasteiger partial charge in [0.05, 0.1) is 6.42 Å². The Kier molecular flexibility index (Phi) is 6.88. The zero-order chi connectivity index (χ0) is 19.8. The van der Waals surface area contributed by atoms with Gasteiger partial charge in [-0.25, -0.2) is 0 Å². The summed E-state index contributed by atoms with van der Waals surface area (Å²) in [6.45, 7) is 6.24. The van der Waals surface area contributed by atoms with E-state index in [9.17, 15) is 14.4 Å². The first-order valence-electron chi connectivity index (χ1n) is 8.61. The van der Waals surface area contributed by atoms with E-state index in [4.69, 9.17) is 5.73 Å². The van der Waals surface area contributed by atoms with Crippen LogP contribution >= 0.6 is 0 Å². The van der Waals surface area contributed by atoms with Gasteiger partial charge < -0.3 is 16.0 Å². The summed E-state index contributed by atoms with van der Waals surface area (Å²) < 4.78 is 0. The number of nitrogens with zero attached hydrogens (tertiary/aromatic N) is 1. The van der Waals surface area contributed by atoms with Crippen molar-refractivity contribution in [3.63, 3.8) is 0 Å². The van der Waals surface area contributed by atoms with Gasteiger partial charge in [0.25, 0.3) is 0 Å². The minimum atomic E-state index is -0.496. The van der Waals surface area contributed by atoms with Gasteiger partial charge in [0.1, 0.15) is 0 Å². The SMILES string of the molecule is C=CC(=O)Nc1cccc(CC(=O)N(CC)Cc2cccc(C(N)=O)c2)c1. The van der Waals surface area contributed by atoms with Crippen LogP contribution in [0.5, 0.6) is 0 Å². The van der Waals surface area contributed by atoms with Crippen LogP contribution in [0.15, 0.2) is 61.2 Å². The highest BCUT2D eigenvalue weighted by Gasteiger charge is 2.14. The molecule has 0 bridgehead atoms. The van der Waals surface area contributed by atoms with Gasteiger partial charge in [-0.15, -0.1) is 0 Å². The predicted molar refractivity (Wildman–Crippen MR) is 105 cm³/mol. The first-order chi connectivity index (χ1) is 12.9. The van der Waals surface area contributed by atoms with E-state index in [0.29, 0.717) is 24.3 Å². The second-order valence-electron chi connectivity index (χ2n) is 6.04. The van der Waals surface area contributed by atoms with Crippen molar-refractivity contribution in [2.75, 3.05) is 11.9 Å². The predicted octanol–water partition coefficient (Wildman–Crippen LogP) is 2.50. The molecule has 140 valence electrons. The monoisotopic (exact) mass is 365 g/mol. The Morgan fingerprint density at radius 2 is 1.81 bits per heavy atom. The van der Waals surface area contributed by atoms with E-state index in [-0.39, 0.29) is 18.2 Å². The van der Waals surface area contributed by atoms with Crippen LogP contribution in [0.25, 0.3) is 0 Å². The van der Waals surface area contributed by atoms with Crippen LogP contribution in [0.3, 0.4) is 0 Å². The van der Waals surface area contributed by atoms with Crippen molar-refractivity contribution in [1.82, 2.24) is 4.90 Å². The highest BCUT2D eigenvalue weighted by atomic mass is 16.2. The zero-order valence-corrected chi connectivity index (χ0v) is 15.3. The number of nitrogens with one attached hydrogen (secondary N) is 1. The Morgan fingerprint density at radius 3 is 2.48 bits per heavy atom. The van der Waals surface area contributed by atoms with Crippen molar-refractivity contribution < 1.29 is 14.4 Å². The van der Waals surface area contributed by atoms with Crippen molar-refractivity contribution >= 4 is 23.4 Å². The summed E-state index contributed by atoms with van der Waals surface area (Å²) in [5.74, 6) is -0.846. The van der Waals surface area contributed by atoms with Crippen molar-refractivity contribution in [3.05, 3.63) is 77.9 Å². The molecule has 0 heterocycles. The van der Waals surface area contributed by atoms with Crippen LogP contribution < -0.4 is 11.1 Å². The maximum absolute atomic E-state index is 12.7. The van der Waals surface area contributed by atoms with E-state index in [1.807, 2.05) is 19.1 Å². The number of anilines is 1. The first-order valence-corrected chi connectivity index (χ1v) is 8.61. The van der Waals surface area contributed by atoms with Gasteiger partial charge in [-0.1, -0.05) is 30.8 Å². The third-order valence-corrected chi connectivity index (χ3v) is 4.05. The minimum absolute atomic E-state index is 0.0471. The number of carbonyl (C=O) groups excluding carboxylic acids is 3. The maximum Gasteiger partial charge on any atom is 0.248 e. The number of carbonyl (C=O) groups is 3. The molecule has 0 radical (unpaired) electrons. The molecule has 3 N–H and O–H groups in total. The van der Waals surface area contributed by atoms with Gasteiger partial charge in [-0.05, 0) is 48.4 Å². The van der Waals surface area contributed by atoms with Crippen LogP contribution in [0.1, 0.15) is 28.4 Å². The summed E-state index contributed by atoms with van der Waals surface area (Å²) in [5.41, 5.74) is 7.98. The van der Waals surface area contributed by atoms with E-state index < -0.39 is 5.91 Å². The summed E-state index contributed by atoms with van der Waals surface area (Å²) in [6, 6.07) is 14.1. The molecule has 0 atom stereocenters. The molecule has 0 aromatic heterocycles. The molecule has 2 rings (SSSR count). The third kappa shape index (κ3) is 5.81. The van der Waals surface area contributed by atoms with E-state index in [1.54, 1.807) is 41.3 Å². The average molecular weight is 365 g/mol. The molecule has 2 aromatic carbocycles. The summed E-state index contributed by atoms with van der Waals surface area (Å²) in [5, 5.41) is 2.68. The van der Waals surface area contributed by atoms with Gasteiger partial charge in [0.2, 0.25) is 17.7 Å². The lowest BCUT2D eigenvalue weighted by Crippen LogP contribution is -2.31. The second kappa shape index (κ2) is 9.33. The Morgan fingerprint density at radius 1 is 1.11 bits per heavy atom. The summed E-state index contributed by atoms with van der Waals surface area (Å²) >= 11 is 0. The van der Waals surface area contributed by atoms with Crippen LogP contribution in [0.4, 0.5) is 5.69 Å². The minimum Gasteiger partial charge on any atom is -0.366 e. The van der Waals surface area contributed by atoms with Crippen LogP contribution in [-0.2, 0) is 22.6 Å². The van der Waals surface area contributed by atoms with E-state index in [0.717, 1.165) is 11.1 Å². The Bertz CT molecular complexity index is 861. The lowest BCUT2D eigenvalue weighted by molar-refractivity contribution is -0.130. The fourth-order valence-corrected chi connectivity index (χ4v) is 2.66. The maximum atomic E-state index is 12.7. The molecule has 27 heavy (non-hydrogen) atoms. The molecular weight excluding hydrogens is 342 g/mol. The van der Waals surface area contributed by atoms with Crippen LogP contribution in [0.2, 0.25) is 0 Å². The number of amides is 3. The van der Waals surface area contributed by atoms with Crippen molar-refractivity contribution in [3.8, 4) is 0 Å². The largest absolute Gasteiger partial charge is 0.366 e. The summed E-state index contributed by atoms with van der Waals surface area (Å²) in [6.07, 6.45) is 1.40. The number of hydrogen-bond acceptors (Lipinski definition) is 3. The fraction of sp³-hybridized carbons (Fsp3) is 0.190. The molecule has 0 aliphatic heterocycles. The Balaban J connectivity index is 2.08. The van der Waals surface area contributed by atoms with E-state index >= 15 is 0 Å². The number of nitrogens with two attached hydrogens (primary N) is 1. The van der Waals surface area contributed by atoms with Gasteiger partial charge >= 0.3 is 0 Å². The summed E-state index contributed by atoms with van der Waals surface area (Å²) in [4.78, 5) is 37.1. The summed E-state index contributed by atoms with van der Waals surface area (Å²) in [7, 11) is 0. The number of rotatable bonds is 8. The molecule has 0 saturated carbocycles. The number of hydrogen-bond donors (Lipinski definition) is 2. The highest BCUT2D eigenvalue weighted by molar-refractivity contribution is 5.99. The molecule has 0 aliphatic carbocycles.